The lowest BCUT2D eigenvalue weighted by molar-refractivity contribution is 0.0510. The van der Waals surface area contributed by atoms with E-state index in [1.54, 1.807) is 66.9 Å². The highest BCUT2D eigenvalue weighted by Gasteiger charge is 2.42. The van der Waals surface area contributed by atoms with Crippen LogP contribution in [-0.2, 0) is 40.4 Å². The lowest BCUT2D eigenvalue weighted by atomic mass is 10.0. The smallest absolute Gasteiger partial charge is 0.297 e. The highest BCUT2D eigenvalue weighted by Crippen LogP contribution is 2.34. The first-order chi connectivity index (χ1) is 36.0. The first-order valence-corrected chi connectivity index (χ1v) is 25.4. The number of fused-ring (bicyclic) bond motifs is 4. The van der Waals surface area contributed by atoms with Gasteiger partial charge in [-0.15, -0.1) is 0 Å². The molecule has 0 spiro atoms. The van der Waals surface area contributed by atoms with Gasteiger partial charge in [-0.3, -0.25) is 33.2 Å². The lowest BCUT2D eigenvalue weighted by Crippen LogP contribution is -2.44. The van der Waals surface area contributed by atoms with Gasteiger partial charge in [0.05, 0.1) is 63.5 Å². The van der Waals surface area contributed by atoms with E-state index in [4.69, 9.17) is 13.7 Å². The fraction of sp³-hybridized carbons (Fsp3) is 0.153. The number of nitrogens with one attached hydrogen (secondary N) is 2. The number of carbonyl (C=O) groups is 4. The van der Waals surface area contributed by atoms with Crippen molar-refractivity contribution in [2.75, 3.05) is 13.2 Å². The number of carbonyl (C=O) groups excluding carboxylic acids is 4. The summed E-state index contributed by atoms with van der Waals surface area (Å²) in [6.07, 6.45) is 4.14. The van der Waals surface area contributed by atoms with E-state index in [0.717, 1.165) is 60.3 Å². The predicted molar refractivity (Wildman–Crippen MR) is 278 cm³/mol. The largest absolute Gasteiger partial charge is 0.487 e. The summed E-state index contributed by atoms with van der Waals surface area (Å²) >= 11 is 0. The number of aryl methyl sites for hydroxylation is 1. The minimum Gasteiger partial charge on any atom is -0.487 e. The van der Waals surface area contributed by atoms with Crippen LogP contribution in [0.5, 0.6) is 11.5 Å². The average molecular weight is 1010 g/mol. The molecule has 3 N–H and O–H groups in total. The van der Waals surface area contributed by atoms with E-state index in [0.29, 0.717) is 36.5 Å². The third kappa shape index (κ3) is 9.95. The Morgan fingerprint density at radius 1 is 0.500 bits per heavy atom. The third-order valence-electron chi connectivity index (χ3n) is 13.2. The first-order valence-electron chi connectivity index (χ1n) is 24.0. The van der Waals surface area contributed by atoms with Crippen LogP contribution in [0.15, 0.2) is 187 Å². The van der Waals surface area contributed by atoms with Crippen molar-refractivity contribution in [3.05, 3.63) is 232 Å². The molecule has 15 heteroatoms. The van der Waals surface area contributed by atoms with E-state index < -0.39 is 40.6 Å². The number of aromatic nitrogens is 2. The summed E-state index contributed by atoms with van der Waals surface area (Å²) in [5.41, 5.74) is 7.63. The number of nitrogens with zero attached hydrogens (tertiary/aromatic N) is 2. The standard InChI is InChI=1S/C33H28N2O6S.C26H22N2O4/c1-22-14-16-26(17-15-22)42(38,39)41-21-25(35-32(36)28-10-5-6-11-29(28)33(35)37)18-24-19-34-31-27(24)12-7-13-30(31)40-20-23-8-3-2-4-9-23;29-15-19(28-25(30)21-9-4-5-10-22(21)26(28)31)13-18-14-27-24-20(18)11-6-12-23(24)32-16-17-7-2-1-3-8-17/h2-17,19,25,34H,18,20-21H2,1H3;1-12,14,19,27,29H,13,15-16H2/t25-;19-/m00/s1. The van der Waals surface area contributed by atoms with Crippen LogP contribution in [0, 0.1) is 6.92 Å². The molecule has 0 radical (unpaired) electrons. The van der Waals surface area contributed by atoms with Crippen LogP contribution in [0.25, 0.3) is 21.8 Å². The number of hydrogen-bond acceptors (Lipinski definition) is 10. The van der Waals surface area contributed by atoms with Crippen molar-refractivity contribution in [3.63, 3.8) is 0 Å². The normalized spacial score (nSPS) is 14.0. The van der Waals surface area contributed by atoms with Crippen molar-refractivity contribution < 1.29 is 46.4 Å². The van der Waals surface area contributed by atoms with Gasteiger partial charge in [0.2, 0.25) is 0 Å². The van der Waals surface area contributed by atoms with Crippen molar-refractivity contribution in [3.8, 4) is 11.5 Å². The second kappa shape index (κ2) is 21.2. The Bertz CT molecular complexity index is 3580. The molecule has 7 aromatic carbocycles. The van der Waals surface area contributed by atoms with Crippen LogP contribution < -0.4 is 9.47 Å². The zero-order chi connectivity index (χ0) is 51.3. The predicted octanol–water partition coefficient (Wildman–Crippen LogP) is 9.61. The molecule has 0 fully saturated rings. The molecule has 372 valence electrons. The Hall–Kier alpha value is -8.63. The Labute approximate surface area is 426 Å². The van der Waals surface area contributed by atoms with E-state index in [-0.39, 0.29) is 40.9 Å². The fourth-order valence-corrected chi connectivity index (χ4v) is 10.4. The molecule has 74 heavy (non-hydrogen) atoms. The number of aromatic amines is 2. The molecule has 9 aromatic rings. The van der Waals surface area contributed by atoms with Gasteiger partial charge in [-0.05, 0) is 90.6 Å². The lowest BCUT2D eigenvalue weighted by Gasteiger charge is -2.26. The van der Waals surface area contributed by atoms with Gasteiger partial charge in [0.15, 0.2) is 0 Å². The number of aliphatic hydroxyl groups excluding tert-OH is 1. The van der Waals surface area contributed by atoms with Gasteiger partial charge < -0.3 is 24.5 Å². The molecule has 4 amide bonds. The number of aliphatic hydroxyl groups is 1. The van der Waals surface area contributed by atoms with Crippen LogP contribution in [0.1, 0.15) is 69.2 Å². The minimum absolute atomic E-state index is 0.00140. The molecule has 0 aliphatic carbocycles. The maximum atomic E-state index is 13.4. The number of imide groups is 2. The van der Waals surface area contributed by atoms with Crippen LogP contribution in [0.2, 0.25) is 0 Å². The number of para-hydroxylation sites is 2. The number of ether oxygens (including phenoxy) is 2. The van der Waals surface area contributed by atoms with Gasteiger partial charge in [0.25, 0.3) is 33.7 Å². The summed E-state index contributed by atoms with van der Waals surface area (Å²) in [5, 5.41) is 11.8. The zero-order valence-electron chi connectivity index (χ0n) is 40.1. The second-order valence-electron chi connectivity index (χ2n) is 18.0. The maximum absolute atomic E-state index is 13.4. The summed E-state index contributed by atoms with van der Waals surface area (Å²) in [6, 6.07) is 49.3. The van der Waals surface area contributed by atoms with Gasteiger partial charge >= 0.3 is 0 Å². The molecular formula is C59H50N4O10S. The van der Waals surface area contributed by atoms with E-state index >= 15 is 0 Å². The molecule has 2 aliphatic heterocycles. The quantitative estimate of drug-likeness (QED) is 0.0585. The third-order valence-corrected chi connectivity index (χ3v) is 14.5. The molecule has 0 saturated carbocycles. The monoisotopic (exact) mass is 1010 g/mol. The fourth-order valence-electron chi connectivity index (χ4n) is 9.41. The maximum Gasteiger partial charge on any atom is 0.297 e. The molecular weight excluding hydrogens is 957 g/mol. The summed E-state index contributed by atoms with van der Waals surface area (Å²) in [4.78, 5) is 61.3. The topological polar surface area (TPSA) is 188 Å². The SMILES string of the molecule is Cc1ccc(S(=O)(=O)OC[C@H](Cc2c[nH]c3c(OCc4ccccc4)cccc23)N2C(=O)c3ccccc3C2=O)cc1.O=C1c2ccccc2C(=O)N1[C@H](CO)Cc1c[nH]c2c(OCc3ccccc3)cccc12. The molecule has 2 atom stereocenters. The highest BCUT2D eigenvalue weighted by molar-refractivity contribution is 7.86. The van der Waals surface area contributed by atoms with E-state index in [1.165, 1.54) is 17.0 Å². The van der Waals surface area contributed by atoms with Gasteiger partial charge in [0, 0.05) is 23.2 Å². The van der Waals surface area contributed by atoms with E-state index in [2.05, 4.69) is 9.97 Å². The van der Waals surface area contributed by atoms with Crippen molar-refractivity contribution in [1.82, 2.24) is 19.8 Å². The molecule has 2 aliphatic rings. The van der Waals surface area contributed by atoms with Gasteiger partial charge in [0.1, 0.15) is 24.7 Å². The van der Waals surface area contributed by atoms with Crippen LogP contribution in [0.4, 0.5) is 0 Å². The van der Waals surface area contributed by atoms with Crippen LogP contribution in [-0.4, -0.2) is 82.2 Å². The molecule has 2 aromatic heterocycles. The Balaban J connectivity index is 0.000000175. The van der Waals surface area contributed by atoms with Crippen molar-refractivity contribution >= 4 is 55.6 Å². The molecule has 0 unspecified atom stereocenters. The summed E-state index contributed by atoms with van der Waals surface area (Å²) in [7, 11) is -4.14. The van der Waals surface area contributed by atoms with Crippen LogP contribution >= 0.6 is 0 Å². The number of benzene rings is 7. The van der Waals surface area contributed by atoms with E-state index in [9.17, 15) is 32.7 Å². The van der Waals surface area contributed by atoms with Gasteiger partial charge in [-0.25, -0.2) is 0 Å². The molecule has 0 bridgehead atoms. The van der Waals surface area contributed by atoms with Gasteiger partial charge in [-0.2, -0.15) is 8.42 Å². The summed E-state index contributed by atoms with van der Waals surface area (Å²) in [6.45, 7) is 1.97. The number of H-pyrrole nitrogens is 2. The van der Waals surface area contributed by atoms with Crippen molar-refractivity contribution in [2.24, 2.45) is 0 Å². The molecule has 14 nitrogen and oxygen atoms in total. The second-order valence-corrected chi connectivity index (χ2v) is 19.7. The number of rotatable bonds is 17. The molecule has 4 heterocycles. The molecule has 0 saturated heterocycles. The van der Waals surface area contributed by atoms with Crippen LogP contribution in [0.3, 0.4) is 0 Å². The Morgan fingerprint density at radius 2 is 0.905 bits per heavy atom. The Morgan fingerprint density at radius 3 is 1.34 bits per heavy atom. The number of amides is 4. The minimum atomic E-state index is -4.14. The zero-order valence-corrected chi connectivity index (χ0v) is 41.0. The van der Waals surface area contributed by atoms with Gasteiger partial charge in [-0.1, -0.05) is 127 Å². The molecule has 11 rings (SSSR count). The summed E-state index contributed by atoms with van der Waals surface area (Å²) in [5.74, 6) is -0.322. The average Bonchev–Trinajstić information content (AvgIpc) is 4.18. The summed E-state index contributed by atoms with van der Waals surface area (Å²) < 4.78 is 43.7. The van der Waals surface area contributed by atoms with E-state index in [1.807, 2.05) is 110 Å². The first kappa shape index (κ1) is 49.0. The number of hydrogen-bond donors (Lipinski definition) is 3. The highest BCUT2D eigenvalue weighted by atomic mass is 32.2. The van der Waals surface area contributed by atoms with Crippen molar-refractivity contribution in [1.29, 1.82) is 0 Å². The Kier molecular flexibility index (Phi) is 14.0. The van der Waals surface area contributed by atoms with Crippen molar-refractivity contribution in [2.45, 2.75) is 50.0 Å².